The van der Waals surface area contributed by atoms with Gasteiger partial charge in [0, 0.05) is 32.6 Å². The highest BCUT2D eigenvalue weighted by atomic mass is 32.2. The summed E-state index contributed by atoms with van der Waals surface area (Å²) in [4.78, 5) is 27.9. The predicted octanol–water partition coefficient (Wildman–Crippen LogP) is 2.65. The van der Waals surface area contributed by atoms with E-state index in [0.29, 0.717) is 18.9 Å². The summed E-state index contributed by atoms with van der Waals surface area (Å²) in [5.74, 6) is -0.120. The fourth-order valence-corrected chi connectivity index (χ4v) is 7.50. The zero-order chi connectivity index (χ0) is 24.1. The van der Waals surface area contributed by atoms with Gasteiger partial charge in [0.25, 0.3) is 15.9 Å². The number of rotatable bonds is 9. The molecule has 184 valence electrons. The summed E-state index contributed by atoms with van der Waals surface area (Å²) in [6, 6.07) is 10.7. The predicted molar refractivity (Wildman–Crippen MR) is 131 cm³/mol. The Hall–Kier alpha value is -2.27. The molecule has 10 heteroatoms. The third-order valence-electron chi connectivity index (χ3n) is 6.68. The molecular formula is C24H32N4O4S2. The minimum absolute atomic E-state index is 0.0934. The third kappa shape index (κ3) is 5.51. The topological polar surface area (TPSA) is 113 Å². The molecule has 1 aliphatic carbocycles. The first-order valence-corrected chi connectivity index (χ1v) is 14.1. The Morgan fingerprint density at radius 2 is 1.85 bits per heavy atom. The molecule has 4 rings (SSSR count). The molecule has 1 saturated carbocycles. The van der Waals surface area contributed by atoms with Crippen molar-refractivity contribution in [3.63, 3.8) is 0 Å². The lowest BCUT2D eigenvalue weighted by molar-refractivity contribution is -0.140. The summed E-state index contributed by atoms with van der Waals surface area (Å²) in [5, 5.41) is 4.53. The van der Waals surface area contributed by atoms with Gasteiger partial charge in [-0.2, -0.15) is 4.31 Å². The fourth-order valence-electron chi connectivity index (χ4n) is 4.83. The molecule has 2 aliphatic rings. The molecule has 0 radical (unpaired) electrons. The van der Waals surface area contributed by atoms with Crippen LogP contribution in [0, 0.1) is 5.92 Å². The van der Waals surface area contributed by atoms with Crippen LogP contribution in [0.1, 0.15) is 49.7 Å². The smallest absolute Gasteiger partial charge is 0.259 e. The molecule has 2 amide bonds. The van der Waals surface area contributed by atoms with E-state index >= 15 is 0 Å². The van der Waals surface area contributed by atoms with E-state index < -0.39 is 22.1 Å². The van der Waals surface area contributed by atoms with Gasteiger partial charge in [0.15, 0.2) is 6.17 Å². The Morgan fingerprint density at radius 3 is 2.56 bits per heavy atom. The number of hydrogen-bond donors (Lipinski definition) is 2. The number of amides is 2. The van der Waals surface area contributed by atoms with Gasteiger partial charge in [-0.3, -0.25) is 9.59 Å². The highest BCUT2D eigenvalue weighted by molar-refractivity contribution is 7.91. The van der Waals surface area contributed by atoms with Crippen LogP contribution in [0.4, 0.5) is 0 Å². The molecular weight excluding hydrogens is 472 g/mol. The Morgan fingerprint density at radius 1 is 1.09 bits per heavy atom. The second kappa shape index (κ2) is 11.0. The number of nitrogens with one attached hydrogen (secondary N) is 1. The van der Waals surface area contributed by atoms with Gasteiger partial charge in [0.05, 0.1) is 0 Å². The van der Waals surface area contributed by atoms with Crippen molar-refractivity contribution >= 4 is 33.2 Å². The van der Waals surface area contributed by atoms with Crippen LogP contribution in [0.2, 0.25) is 0 Å². The number of hydrogen-bond acceptors (Lipinski definition) is 6. The zero-order valence-electron chi connectivity index (χ0n) is 19.2. The summed E-state index contributed by atoms with van der Waals surface area (Å²) < 4.78 is 27.9. The fraction of sp³-hybridized carbons (Fsp3) is 0.500. The van der Waals surface area contributed by atoms with E-state index in [0.717, 1.165) is 46.0 Å². The SMILES string of the molecule is NCc1cccc(CNC(=O)C2N(C(=O)CCC3CCCC3)CCN2S(=O)(=O)c2cccs2)c1. The number of benzene rings is 1. The van der Waals surface area contributed by atoms with Crippen LogP contribution in [0.25, 0.3) is 0 Å². The molecule has 3 N–H and O–H groups in total. The van der Waals surface area contributed by atoms with Crippen molar-refractivity contribution in [3.05, 3.63) is 52.9 Å². The van der Waals surface area contributed by atoms with Crippen LogP contribution < -0.4 is 11.1 Å². The second-order valence-electron chi connectivity index (χ2n) is 8.94. The Kier molecular flexibility index (Phi) is 8.02. The number of nitrogens with zero attached hydrogens (tertiary/aromatic N) is 2. The minimum Gasteiger partial charge on any atom is -0.349 e. The number of sulfonamides is 1. The molecule has 2 heterocycles. The van der Waals surface area contributed by atoms with E-state index in [1.165, 1.54) is 23.8 Å². The largest absolute Gasteiger partial charge is 0.349 e. The van der Waals surface area contributed by atoms with Crippen LogP contribution in [-0.2, 0) is 32.7 Å². The number of thiophene rings is 1. The summed E-state index contributed by atoms with van der Waals surface area (Å²) >= 11 is 1.10. The van der Waals surface area contributed by atoms with E-state index in [1.54, 1.807) is 11.4 Å². The normalized spacial score (nSPS) is 19.6. The van der Waals surface area contributed by atoms with Crippen LogP contribution in [0.3, 0.4) is 0 Å². The van der Waals surface area contributed by atoms with Crippen LogP contribution in [-0.4, -0.2) is 48.7 Å². The molecule has 0 bridgehead atoms. The summed E-state index contributed by atoms with van der Waals surface area (Å²) in [6.45, 7) is 0.908. The number of carbonyl (C=O) groups is 2. The van der Waals surface area contributed by atoms with Crippen LogP contribution in [0.5, 0.6) is 0 Å². The molecule has 1 aromatic carbocycles. The first-order valence-electron chi connectivity index (χ1n) is 11.8. The van der Waals surface area contributed by atoms with Crippen molar-refractivity contribution in [2.24, 2.45) is 11.7 Å². The van der Waals surface area contributed by atoms with Gasteiger partial charge in [-0.15, -0.1) is 11.3 Å². The van der Waals surface area contributed by atoms with Gasteiger partial charge in [0.2, 0.25) is 5.91 Å². The van der Waals surface area contributed by atoms with Crippen molar-refractivity contribution in [1.29, 1.82) is 0 Å². The molecule has 34 heavy (non-hydrogen) atoms. The maximum absolute atomic E-state index is 13.3. The summed E-state index contributed by atoms with van der Waals surface area (Å²) in [5.41, 5.74) is 7.51. The van der Waals surface area contributed by atoms with Gasteiger partial charge < -0.3 is 16.0 Å². The van der Waals surface area contributed by atoms with Crippen molar-refractivity contribution in [3.8, 4) is 0 Å². The quantitative estimate of drug-likeness (QED) is 0.545. The van der Waals surface area contributed by atoms with Gasteiger partial charge >= 0.3 is 0 Å². The minimum atomic E-state index is -3.90. The molecule has 2 aromatic rings. The van der Waals surface area contributed by atoms with Crippen molar-refractivity contribution in [2.75, 3.05) is 13.1 Å². The molecule has 1 atom stereocenters. The van der Waals surface area contributed by atoms with Crippen LogP contribution in [0.15, 0.2) is 46.0 Å². The highest BCUT2D eigenvalue weighted by Crippen LogP contribution is 2.31. The second-order valence-corrected chi connectivity index (χ2v) is 12.0. The van der Waals surface area contributed by atoms with E-state index in [9.17, 15) is 18.0 Å². The summed E-state index contributed by atoms with van der Waals surface area (Å²) in [7, 11) is -3.90. The maximum atomic E-state index is 13.3. The Balaban J connectivity index is 1.52. The van der Waals surface area contributed by atoms with Crippen LogP contribution >= 0.6 is 11.3 Å². The lowest BCUT2D eigenvalue weighted by Crippen LogP contribution is -2.53. The average molecular weight is 505 g/mol. The lowest BCUT2D eigenvalue weighted by Gasteiger charge is -2.28. The average Bonchev–Trinajstić information content (AvgIpc) is 3.62. The molecule has 1 aliphatic heterocycles. The monoisotopic (exact) mass is 504 g/mol. The van der Waals surface area contributed by atoms with Crippen molar-refractivity contribution in [2.45, 2.75) is 62.0 Å². The van der Waals surface area contributed by atoms with E-state index in [-0.39, 0.29) is 29.8 Å². The number of nitrogens with two attached hydrogens (primary N) is 1. The lowest BCUT2D eigenvalue weighted by atomic mass is 10.0. The maximum Gasteiger partial charge on any atom is 0.259 e. The molecule has 1 unspecified atom stereocenters. The first kappa shape index (κ1) is 24.8. The Bertz CT molecular complexity index is 1100. The molecule has 1 aromatic heterocycles. The van der Waals surface area contributed by atoms with Gasteiger partial charge in [-0.1, -0.05) is 56.0 Å². The van der Waals surface area contributed by atoms with E-state index in [2.05, 4.69) is 5.32 Å². The Labute approximate surface area is 205 Å². The van der Waals surface area contributed by atoms with Gasteiger partial charge in [-0.05, 0) is 34.9 Å². The number of carbonyl (C=O) groups excluding carboxylic acids is 2. The van der Waals surface area contributed by atoms with Crippen molar-refractivity contribution < 1.29 is 18.0 Å². The van der Waals surface area contributed by atoms with Gasteiger partial charge in [0.1, 0.15) is 4.21 Å². The first-order chi connectivity index (χ1) is 16.4. The molecule has 0 spiro atoms. The highest BCUT2D eigenvalue weighted by Gasteiger charge is 2.46. The molecule has 8 nitrogen and oxygen atoms in total. The summed E-state index contributed by atoms with van der Waals surface area (Å²) in [6.07, 6.45) is 4.60. The third-order valence-corrected chi connectivity index (χ3v) is 9.90. The zero-order valence-corrected chi connectivity index (χ0v) is 20.8. The van der Waals surface area contributed by atoms with E-state index in [1.807, 2.05) is 24.3 Å². The molecule has 1 saturated heterocycles. The molecule has 2 fully saturated rings. The van der Waals surface area contributed by atoms with Crippen molar-refractivity contribution in [1.82, 2.24) is 14.5 Å². The standard InChI is InChI=1S/C24H32N4O4S2/c25-16-19-7-3-8-20(15-19)17-26-23(30)24-27(21(29)11-10-18-5-1-2-6-18)12-13-28(24)34(31,32)22-9-4-14-33-22/h3-4,7-9,14-15,18,24H,1-2,5-6,10-13,16-17,25H2,(H,26,30). The van der Waals surface area contributed by atoms with Gasteiger partial charge in [-0.25, -0.2) is 8.42 Å². The van der Waals surface area contributed by atoms with E-state index in [4.69, 9.17) is 5.73 Å².